The van der Waals surface area contributed by atoms with Crippen molar-refractivity contribution in [1.82, 2.24) is 15.0 Å². The fourth-order valence-electron chi connectivity index (χ4n) is 1.45. The maximum atomic E-state index is 8.83. The van der Waals surface area contributed by atoms with Gasteiger partial charge in [0.2, 0.25) is 5.95 Å². The van der Waals surface area contributed by atoms with Gasteiger partial charge in [-0.3, -0.25) is 0 Å². The van der Waals surface area contributed by atoms with Crippen LogP contribution in [0.4, 0.5) is 5.95 Å². The lowest BCUT2D eigenvalue weighted by molar-refractivity contribution is 0.299. The summed E-state index contributed by atoms with van der Waals surface area (Å²) in [6, 6.07) is 7.40. The monoisotopic (exact) mass is 262 g/mol. The van der Waals surface area contributed by atoms with Gasteiger partial charge in [0, 0.05) is 6.61 Å². The number of rotatable bonds is 5. The van der Waals surface area contributed by atoms with E-state index in [2.05, 4.69) is 15.0 Å². The molecule has 0 saturated carbocycles. The van der Waals surface area contributed by atoms with E-state index in [4.69, 9.17) is 20.3 Å². The highest BCUT2D eigenvalue weighted by atomic mass is 16.5. The highest BCUT2D eigenvalue weighted by molar-refractivity contribution is 5.30. The molecule has 7 heteroatoms. The average Bonchev–Trinajstić information content (AvgIpc) is 2.40. The first-order valence-electron chi connectivity index (χ1n) is 5.64. The summed E-state index contributed by atoms with van der Waals surface area (Å²) >= 11 is 0. The third kappa shape index (κ3) is 3.52. The van der Waals surface area contributed by atoms with Crippen LogP contribution < -0.4 is 15.2 Å². The number of nitrogen functional groups attached to an aromatic ring is 1. The molecular weight excluding hydrogens is 248 g/mol. The molecule has 0 unspecified atom stereocenters. The minimum Gasteiger partial charge on any atom is -0.467 e. The Balaban J connectivity index is 2.14. The Labute approximate surface area is 110 Å². The van der Waals surface area contributed by atoms with Crippen molar-refractivity contribution >= 4 is 5.95 Å². The van der Waals surface area contributed by atoms with Crippen LogP contribution in [0.3, 0.4) is 0 Å². The van der Waals surface area contributed by atoms with Crippen molar-refractivity contribution in [3.05, 3.63) is 29.8 Å². The van der Waals surface area contributed by atoms with Crippen LogP contribution in [-0.4, -0.2) is 33.8 Å². The summed E-state index contributed by atoms with van der Waals surface area (Å²) in [4.78, 5) is 11.5. The molecule has 1 aromatic carbocycles. The number of methoxy groups -OCH3 is 1. The van der Waals surface area contributed by atoms with Gasteiger partial charge in [0.25, 0.3) is 0 Å². The summed E-state index contributed by atoms with van der Waals surface area (Å²) in [7, 11) is 1.43. The van der Waals surface area contributed by atoms with E-state index >= 15 is 0 Å². The van der Waals surface area contributed by atoms with Crippen LogP contribution in [0.15, 0.2) is 24.3 Å². The van der Waals surface area contributed by atoms with E-state index in [0.29, 0.717) is 12.2 Å². The summed E-state index contributed by atoms with van der Waals surface area (Å²) < 4.78 is 10.3. The van der Waals surface area contributed by atoms with Gasteiger partial charge in [0.1, 0.15) is 5.75 Å². The highest BCUT2D eigenvalue weighted by Crippen LogP contribution is 2.20. The van der Waals surface area contributed by atoms with Crippen LogP contribution in [0.25, 0.3) is 0 Å². The number of hydrogen-bond donors (Lipinski definition) is 2. The molecule has 0 aliphatic heterocycles. The molecule has 2 rings (SSSR count). The predicted molar refractivity (Wildman–Crippen MR) is 68.1 cm³/mol. The number of aliphatic hydroxyl groups is 1. The van der Waals surface area contributed by atoms with Gasteiger partial charge in [-0.15, -0.1) is 4.98 Å². The Morgan fingerprint density at radius 1 is 1.11 bits per heavy atom. The van der Waals surface area contributed by atoms with E-state index in [1.807, 2.05) is 12.1 Å². The topological polar surface area (TPSA) is 103 Å². The predicted octanol–water partition coefficient (Wildman–Crippen LogP) is 0.789. The molecule has 19 heavy (non-hydrogen) atoms. The second-order valence-electron chi connectivity index (χ2n) is 3.68. The summed E-state index contributed by atoms with van der Waals surface area (Å²) in [6.45, 7) is 0.113. The van der Waals surface area contributed by atoms with E-state index in [-0.39, 0.29) is 24.6 Å². The summed E-state index contributed by atoms with van der Waals surface area (Å²) in [5.41, 5.74) is 6.52. The number of aliphatic hydroxyl groups excluding tert-OH is 1. The number of ether oxygens (including phenoxy) is 2. The molecule has 0 atom stereocenters. The first kappa shape index (κ1) is 13.0. The maximum absolute atomic E-state index is 8.83. The van der Waals surface area contributed by atoms with Crippen molar-refractivity contribution in [2.24, 2.45) is 0 Å². The quantitative estimate of drug-likeness (QED) is 0.820. The van der Waals surface area contributed by atoms with Crippen molar-refractivity contribution < 1.29 is 14.6 Å². The number of nitrogens with zero attached hydrogens (tertiary/aromatic N) is 3. The third-order valence-electron chi connectivity index (χ3n) is 2.33. The molecule has 0 fully saturated rings. The highest BCUT2D eigenvalue weighted by Gasteiger charge is 2.06. The van der Waals surface area contributed by atoms with Crippen LogP contribution in [0.2, 0.25) is 0 Å². The summed E-state index contributed by atoms with van der Waals surface area (Å²) in [6.07, 6.45) is 0.604. The lowest BCUT2D eigenvalue weighted by Gasteiger charge is -2.06. The van der Waals surface area contributed by atoms with E-state index < -0.39 is 0 Å². The SMILES string of the molecule is COc1nc(N)nc(Oc2ccc(CCO)cc2)n1. The first-order valence-corrected chi connectivity index (χ1v) is 5.64. The molecule has 100 valence electrons. The van der Waals surface area contributed by atoms with Crippen molar-refractivity contribution in [2.75, 3.05) is 19.5 Å². The van der Waals surface area contributed by atoms with Gasteiger partial charge in [-0.2, -0.15) is 9.97 Å². The van der Waals surface area contributed by atoms with Crippen molar-refractivity contribution in [2.45, 2.75) is 6.42 Å². The van der Waals surface area contributed by atoms with E-state index in [0.717, 1.165) is 5.56 Å². The average molecular weight is 262 g/mol. The lowest BCUT2D eigenvalue weighted by Crippen LogP contribution is -2.02. The molecule has 0 aliphatic rings. The van der Waals surface area contributed by atoms with Gasteiger partial charge < -0.3 is 20.3 Å². The molecule has 2 aromatic rings. The Hall–Kier alpha value is -2.41. The molecule has 0 saturated heterocycles. The van der Waals surface area contributed by atoms with Crippen molar-refractivity contribution in [3.63, 3.8) is 0 Å². The normalized spacial score (nSPS) is 10.2. The Bertz CT molecular complexity index is 545. The van der Waals surface area contributed by atoms with Gasteiger partial charge in [-0.05, 0) is 24.1 Å². The van der Waals surface area contributed by atoms with Crippen LogP contribution in [-0.2, 0) is 6.42 Å². The minimum absolute atomic E-state index is 0.0266. The summed E-state index contributed by atoms with van der Waals surface area (Å²) in [5.74, 6) is 0.591. The molecule has 0 spiro atoms. The largest absolute Gasteiger partial charge is 0.467 e. The summed E-state index contributed by atoms with van der Waals surface area (Å²) in [5, 5.41) is 8.83. The minimum atomic E-state index is 0.0266. The third-order valence-corrected chi connectivity index (χ3v) is 2.33. The second kappa shape index (κ2) is 5.96. The Kier molecular flexibility index (Phi) is 4.09. The van der Waals surface area contributed by atoms with Gasteiger partial charge in [-0.1, -0.05) is 12.1 Å². The number of hydrogen-bond acceptors (Lipinski definition) is 7. The van der Waals surface area contributed by atoms with Gasteiger partial charge in [0.15, 0.2) is 0 Å². The standard InChI is InChI=1S/C12H14N4O3/c1-18-11-14-10(13)15-12(16-11)19-9-4-2-8(3-5-9)6-7-17/h2-5,17H,6-7H2,1H3,(H2,13,14,15,16). The zero-order chi connectivity index (χ0) is 13.7. The van der Waals surface area contributed by atoms with Gasteiger partial charge in [0.05, 0.1) is 7.11 Å². The maximum Gasteiger partial charge on any atom is 0.330 e. The van der Waals surface area contributed by atoms with Crippen LogP contribution in [0.1, 0.15) is 5.56 Å². The first-order chi connectivity index (χ1) is 9.21. The van der Waals surface area contributed by atoms with Crippen molar-refractivity contribution in [1.29, 1.82) is 0 Å². The lowest BCUT2D eigenvalue weighted by atomic mass is 10.1. The molecule has 3 N–H and O–H groups in total. The van der Waals surface area contributed by atoms with Gasteiger partial charge in [-0.25, -0.2) is 0 Å². The Morgan fingerprint density at radius 3 is 2.42 bits per heavy atom. The van der Waals surface area contributed by atoms with E-state index in [1.165, 1.54) is 7.11 Å². The van der Waals surface area contributed by atoms with Crippen LogP contribution >= 0.6 is 0 Å². The van der Waals surface area contributed by atoms with Crippen LogP contribution in [0.5, 0.6) is 17.8 Å². The van der Waals surface area contributed by atoms with Crippen LogP contribution in [0, 0.1) is 0 Å². The van der Waals surface area contributed by atoms with Gasteiger partial charge >= 0.3 is 12.0 Å². The van der Waals surface area contributed by atoms with E-state index in [1.54, 1.807) is 12.1 Å². The Morgan fingerprint density at radius 2 is 1.79 bits per heavy atom. The molecular formula is C12H14N4O3. The molecule has 1 heterocycles. The fraction of sp³-hybridized carbons (Fsp3) is 0.250. The molecule has 0 aliphatic carbocycles. The smallest absolute Gasteiger partial charge is 0.330 e. The molecule has 7 nitrogen and oxygen atoms in total. The molecule has 1 aromatic heterocycles. The van der Waals surface area contributed by atoms with E-state index in [9.17, 15) is 0 Å². The zero-order valence-corrected chi connectivity index (χ0v) is 10.4. The molecule has 0 radical (unpaired) electrons. The second-order valence-corrected chi connectivity index (χ2v) is 3.68. The molecule has 0 bridgehead atoms. The number of aromatic nitrogens is 3. The number of benzene rings is 1. The molecule has 0 amide bonds. The fourth-order valence-corrected chi connectivity index (χ4v) is 1.45. The van der Waals surface area contributed by atoms with Crippen molar-refractivity contribution in [3.8, 4) is 17.8 Å². The number of nitrogens with two attached hydrogens (primary N) is 1. The zero-order valence-electron chi connectivity index (χ0n) is 10.4. The number of anilines is 1.